The first-order chi connectivity index (χ1) is 8.46. The highest BCUT2D eigenvalue weighted by atomic mass is 16.4. The van der Waals surface area contributed by atoms with Crippen LogP contribution in [0.3, 0.4) is 0 Å². The van der Waals surface area contributed by atoms with Crippen LogP contribution in [0.5, 0.6) is 0 Å². The van der Waals surface area contributed by atoms with E-state index in [1.165, 1.54) is 19.3 Å². The fourth-order valence-corrected chi connectivity index (χ4v) is 2.80. The van der Waals surface area contributed by atoms with Crippen LogP contribution >= 0.6 is 0 Å². The summed E-state index contributed by atoms with van der Waals surface area (Å²) in [6.07, 6.45) is 4.83. The van der Waals surface area contributed by atoms with Gasteiger partial charge in [-0.2, -0.15) is 0 Å². The highest BCUT2D eigenvalue weighted by Crippen LogP contribution is 2.36. The van der Waals surface area contributed by atoms with Crippen LogP contribution in [0.4, 0.5) is 5.69 Å². The van der Waals surface area contributed by atoms with Crippen LogP contribution in [0.15, 0.2) is 24.3 Å². The molecule has 0 spiro atoms. The molecule has 1 saturated carbocycles. The largest absolute Gasteiger partial charge is 0.478 e. The molecule has 1 atom stereocenters. The number of aromatic carboxylic acids is 1. The van der Waals surface area contributed by atoms with Gasteiger partial charge in [0.1, 0.15) is 0 Å². The summed E-state index contributed by atoms with van der Waals surface area (Å²) >= 11 is 0. The van der Waals surface area contributed by atoms with Gasteiger partial charge in [0.2, 0.25) is 0 Å². The van der Waals surface area contributed by atoms with Gasteiger partial charge in [-0.1, -0.05) is 26.3 Å². The molecule has 0 heterocycles. The molecule has 2 rings (SSSR count). The van der Waals surface area contributed by atoms with E-state index in [9.17, 15) is 4.79 Å². The third-order valence-corrected chi connectivity index (χ3v) is 3.69. The topological polar surface area (TPSA) is 49.3 Å². The van der Waals surface area contributed by atoms with E-state index in [2.05, 4.69) is 19.2 Å². The lowest BCUT2D eigenvalue weighted by molar-refractivity contribution is 0.0697. The molecular formula is C15H21NO2. The van der Waals surface area contributed by atoms with Crippen molar-refractivity contribution in [3.05, 3.63) is 29.8 Å². The average molecular weight is 247 g/mol. The zero-order valence-corrected chi connectivity index (χ0v) is 11.1. The molecule has 0 saturated heterocycles. The number of hydrogen-bond donors (Lipinski definition) is 2. The molecule has 0 aliphatic heterocycles. The molecular weight excluding hydrogens is 226 g/mol. The summed E-state index contributed by atoms with van der Waals surface area (Å²) in [5.74, 6) is -0.873. The summed E-state index contributed by atoms with van der Waals surface area (Å²) in [7, 11) is 0. The number of carbonyl (C=O) groups is 1. The number of hydrogen-bond acceptors (Lipinski definition) is 2. The minimum absolute atomic E-state index is 0.343. The predicted octanol–water partition coefficient (Wildman–Crippen LogP) is 3.77. The second kappa shape index (κ2) is 5.01. The van der Waals surface area contributed by atoms with Crippen molar-refractivity contribution in [3.63, 3.8) is 0 Å². The molecule has 1 fully saturated rings. The quantitative estimate of drug-likeness (QED) is 0.855. The SMILES string of the molecule is CC1(C)CCCC(Nc2cccc(C(=O)O)c2)C1. The Hall–Kier alpha value is -1.51. The van der Waals surface area contributed by atoms with Crippen molar-refractivity contribution in [2.45, 2.75) is 45.6 Å². The minimum Gasteiger partial charge on any atom is -0.478 e. The van der Waals surface area contributed by atoms with Crippen molar-refractivity contribution in [1.29, 1.82) is 0 Å². The molecule has 0 bridgehead atoms. The first-order valence-electron chi connectivity index (χ1n) is 6.56. The Morgan fingerprint density at radius 1 is 1.44 bits per heavy atom. The number of carboxylic acids is 1. The van der Waals surface area contributed by atoms with Crippen LogP contribution in [0.2, 0.25) is 0 Å². The van der Waals surface area contributed by atoms with Gasteiger partial charge >= 0.3 is 5.97 Å². The molecule has 1 aliphatic rings. The van der Waals surface area contributed by atoms with E-state index in [-0.39, 0.29) is 0 Å². The second-order valence-electron chi connectivity index (χ2n) is 5.99. The molecule has 1 aromatic carbocycles. The van der Waals surface area contributed by atoms with E-state index >= 15 is 0 Å². The molecule has 1 aromatic rings. The van der Waals surface area contributed by atoms with E-state index in [4.69, 9.17) is 5.11 Å². The normalized spacial score (nSPS) is 22.4. The maximum Gasteiger partial charge on any atom is 0.335 e. The number of rotatable bonds is 3. The van der Waals surface area contributed by atoms with Crippen molar-refractivity contribution in [3.8, 4) is 0 Å². The van der Waals surface area contributed by atoms with Gasteiger partial charge in [0, 0.05) is 11.7 Å². The summed E-state index contributed by atoms with van der Waals surface area (Å²) in [5, 5.41) is 12.4. The molecule has 0 amide bonds. The minimum atomic E-state index is -0.873. The van der Waals surface area contributed by atoms with E-state index in [1.54, 1.807) is 18.2 Å². The van der Waals surface area contributed by atoms with Crippen LogP contribution in [0.25, 0.3) is 0 Å². The van der Waals surface area contributed by atoms with Gasteiger partial charge in [-0.05, 0) is 42.9 Å². The van der Waals surface area contributed by atoms with E-state index in [0.717, 1.165) is 12.1 Å². The third kappa shape index (κ3) is 3.25. The summed E-state index contributed by atoms with van der Waals surface area (Å²) in [6.45, 7) is 4.60. The van der Waals surface area contributed by atoms with Gasteiger partial charge in [0.25, 0.3) is 0 Å². The van der Waals surface area contributed by atoms with Gasteiger partial charge in [-0.3, -0.25) is 0 Å². The summed E-state index contributed by atoms with van der Waals surface area (Å²) in [4.78, 5) is 10.9. The molecule has 0 radical (unpaired) electrons. The van der Waals surface area contributed by atoms with Crippen molar-refractivity contribution in [2.75, 3.05) is 5.32 Å². The highest BCUT2D eigenvalue weighted by Gasteiger charge is 2.27. The lowest BCUT2D eigenvalue weighted by Gasteiger charge is -2.36. The second-order valence-corrected chi connectivity index (χ2v) is 5.99. The zero-order chi connectivity index (χ0) is 13.2. The van der Waals surface area contributed by atoms with Gasteiger partial charge in [0.05, 0.1) is 5.56 Å². The number of nitrogens with one attached hydrogen (secondary N) is 1. The first kappa shape index (κ1) is 12.9. The zero-order valence-electron chi connectivity index (χ0n) is 11.1. The summed E-state index contributed by atoms with van der Waals surface area (Å²) < 4.78 is 0. The van der Waals surface area contributed by atoms with Crippen molar-refractivity contribution in [1.82, 2.24) is 0 Å². The molecule has 1 unspecified atom stereocenters. The molecule has 3 heteroatoms. The van der Waals surface area contributed by atoms with Gasteiger partial charge in [-0.25, -0.2) is 4.79 Å². The molecule has 18 heavy (non-hydrogen) atoms. The van der Waals surface area contributed by atoms with Crippen LogP contribution in [-0.2, 0) is 0 Å². The van der Waals surface area contributed by atoms with Gasteiger partial charge < -0.3 is 10.4 Å². The van der Waals surface area contributed by atoms with E-state index in [1.807, 2.05) is 6.07 Å². The average Bonchev–Trinajstić information content (AvgIpc) is 2.28. The maximum absolute atomic E-state index is 10.9. The summed E-state index contributed by atoms with van der Waals surface area (Å²) in [6, 6.07) is 7.52. The number of benzene rings is 1. The maximum atomic E-state index is 10.9. The molecule has 3 nitrogen and oxygen atoms in total. The summed E-state index contributed by atoms with van der Waals surface area (Å²) in [5.41, 5.74) is 1.65. The Morgan fingerprint density at radius 2 is 2.22 bits per heavy atom. The molecule has 98 valence electrons. The first-order valence-corrected chi connectivity index (χ1v) is 6.56. The monoisotopic (exact) mass is 247 g/mol. The smallest absolute Gasteiger partial charge is 0.335 e. The third-order valence-electron chi connectivity index (χ3n) is 3.69. The Bertz CT molecular complexity index is 440. The predicted molar refractivity (Wildman–Crippen MR) is 73.1 cm³/mol. The van der Waals surface area contributed by atoms with Crippen molar-refractivity contribution < 1.29 is 9.90 Å². The molecule has 0 aromatic heterocycles. The van der Waals surface area contributed by atoms with E-state index < -0.39 is 5.97 Å². The number of anilines is 1. The van der Waals surface area contributed by atoms with Gasteiger partial charge in [0.15, 0.2) is 0 Å². The fourth-order valence-electron chi connectivity index (χ4n) is 2.80. The van der Waals surface area contributed by atoms with Crippen LogP contribution in [0, 0.1) is 5.41 Å². The Morgan fingerprint density at radius 3 is 2.89 bits per heavy atom. The Labute approximate surface area is 108 Å². The van der Waals surface area contributed by atoms with Crippen molar-refractivity contribution in [2.24, 2.45) is 5.41 Å². The van der Waals surface area contributed by atoms with Crippen LogP contribution in [0.1, 0.15) is 49.9 Å². The van der Waals surface area contributed by atoms with E-state index in [0.29, 0.717) is 17.0 Å². The van der Waals surface area contributed by atoms with Crippen LogP contribution in [-0.4, -0.2) is 17.1 Å². The molecule has 2 N–H and O–H groups in total. The molecule has 1 aliphatic carbocycles. The Kier molecular flexibility index (Phi) is 3.60. The lowest BCUT2D eigenvalue weighted by Crippen LogP contribution is -2.31. The highest BCUT2D eigenvalue weighted by molar-refractivity contribution is 5.88. The fraction of sp³-hybridized carbons (Fsp3) is 0.533. The lowest BCUT2D eigenvalue weighted by atomic mass is 9.75. The standard InChI is InChI=1S/C15H21NO2/c1-15(2)8-4-7-13(10-15)16-12-6-3-5-11(9-12)14(17)18/h3,5-6,9,13,16H,4,7-8,10H2,1-2H3,(H,17,18). The van der Waals surface area contributed by atoms with Crippen LogP contribution < -0.4 is 5.32 Å². The van der Waals surface area contributed by atoms with Gasteiger partial charge in [-0.15, -0.1) is 0 Å². The Balaban J connectivity index is 2.05. The van der Waals surface area contributed by atoms with Crippen molar-refractivity contribution >= 4 is 11.7 Å². The number of carboxylic acid groups (broad SMARTS) is 1.